The van der Waals surface area contributed by atoms with E-state index in [9.17, 15) is 10.1 Å². The normalized spacial score (nSPS) is 12.3. The zero-order valence-corrected chi connectivity index (χ0v) is 15.8. The zero-order chi connectivity index (χ0) is 19.0. The molecule has 7 heteroatoms. The van der Waals surface area contributed by atoms with Crippen LogP contribution in [0.2, 0.25) is 0 Å². The number of hydrogen-bond donors (Lipinski definition) is 0. The predicted octanol–water partition coefficient (Wildman–Crippen LogP) is 3.12. The summed E-state index contributed by atoms with van der Waals surface area (Å²) in [6.07, 6.45) is 0.611. The fourth-order valence-electron chi connectivity index (χ4n) is 3.07. The molecule has 1 unspecified atom stereocenters. The van der Waals surface area contributed by atoms with Crippen LogP contribution in [0.3, 0.4) is 0 Å². The Morgan fingerprint density at radius 2 is 1.89 bits per heavy atom. The van der Waals surface area contributed by atoms with Crippen LogP contribution in [-0.2, 0) is 13.5 Å². The SMILES string of the molecule is Cc1ccc(CC(C#N)Sc2nnc3n(C)c(=O)c4ccccc4n23)cc1. The molecule has 0 aliphatic carbocycles. The summed E-state index contributed by atoms with van der Waals surface area (Å²) in [7, 11) is 1.68. The number of para-hydroxylation sites is 1. The van der Waals surface area contributed by atoms with Crippen molar-refractivity contribution in [2.45, 2.75) is 23.8 Å². The van der Waals surface area contributed by atoms with Crippen molar-refractivity contribution >= 4 is 28.4 Å². The van der Waals surface area contributed by atoms with Crippen molar-refractivity contribution in [1.29, 1.82) is 5.26 Å². The van der Waals surface area contributed by atoms with E-state index in [1.54, 1.807) is 13.1 Å². The third-order valence-electron chi connectivity index (χ3n) is 4.53. The maximum Gasteiger partial charge on any atom is 0.262 e. The molecule has 27 heavy (non-hydrogen) atoms. The van der Waals surface area contributed by atoms with Gasteiger partial charge in [-0.2, -0.15) is 5.26 Å². The number of hydrogen-bond acceptors (Lipinski definition) is 5. The van der Waals surface area contributed by atoms with Crippen LogP contribution in [-0.4, -0.2) is 24.4 Å². The monoisotopic (exact) mass is 375 g/mol. The molecule has 4 aromatic rings. The van der Waals surface area contributed by atoms with E-state index in [4.69, 9.17) is 0 Å². The second kappa shape index (κ2) is 6.89. The van der Waals surface area contributed by atoms with Crippen LogP contribution in [0.15, 0.2) is 58.5 Å². The zero-order valence-electron chi connectivity index (χ0n) is 15.0. The van der Waals surface area contributed by atoms with Crippen LogP contribution < -0.4 is 5.56 Å². The first-order chi connectivity index (χ1) is 13.1. The lowest BCUT2D eigenvalue weighted by atomic mass is 10.1. The van der Waals surface area contributed by atoms with Gasteiger partial charge >= 0.3 is 0 Å². The van der Waals surface area contributed by atoms with E-state index < -0.39 is 0 Å². The quantitative estimate of drug-likeness (QED) is 0.512. The van der Waals surface area contributed by atoms with Crippen molar-refractivity contribution < 1.29 is 0 Å². The number of benzene rings is 2. The van der Waals surface area contributed by atoms with Gasteiger partial charge in [-0.25, -0.2) is 0 Å². The molecule has 0 radical (unpaired) electrons. The van der Waals surface area contributed by atoms with Crippen LogP contribution >= 0.6 is 11.8 Å². The largest absolute Gasteiger partial charge is 0.279 e. The molecular formula is C20H17N5OS. The molecule has 4 rings (SSSR count). The summed E-state index contributed by atoms with van der Waals surface area (Å²) in [5.41, 5.74) is 2.93. The lowest BCUT2D eigenvalue weighted by Gasteiger charge is -2.10. The van der Waals surface area contributed by atoms with Crippen molar-refractivity contribution in [1.82, 2.24) is 19.2 Å². The fraction of sp³-hybridized carbons (Fsp3) is 0.200. The number of nitriles is 1. The van der Waals surface area contributed by atoms with E-state index in [1.165, 1.54) is 21.9 Å². The van der Waals surface area contributed by atoms with E-state index >= 15 is 0 Å². The summed E-state index contributed by atoms with van der Waals surface area (Å²) in [4.78, 5) is 12.5. The molecular weight excluding hydrogens is 358 g/mol. The van der Waals surface area contributed by atoms with Gasteiger partial charge in [0, 0.05) is 7.05 Å². The summed E-state index contributed by atoms with van der Waals surface area (Å²) in [5, 5.41) is 19.0. The Hall–Kier alpha value is -3.11. The maximum atomic E-state index is 12.5. The first-order valence-corrected chi connectivity index (χ1v) is 9.41. The van der Waals surface area contributed by atoms with Gasteiger partial charge in [-0.1, -0.05) is 53.7 Å². The molecule has 0 fully saturated rings. The molecule has 0 saturated carbocycles. The highest BCUT2D eigenvalue weighted by Gasteiger charge is 2.19. The van der Waals surface area contributed by atoms with Crippen LogP contribution in [0.1, 0.15) is 11.1 Å². The molecule has 0 saturated heterocycles. The van der Waals surface area contributed by atoms with Crippen LogP contribution in [0, 0.1) is 18.3 Å². The van der Waals surface area contributed by atoms with E-state index in [-0.39, 0.29) is 10.8 Å². The molecule has 1 atom stereocenters. The Morgan fingerprint density at radius 3 is 2.63 bits per heavy atom. The van der Waals surface area contributed by atoms with Crippen molar-refractivity contribution in [3.63, 3.8) is 0 Å². The van der Waals surface area contributed by atoms with Gasteiger partial charge in [0.2, 0.25) is 5.78 Å². The number of nitrogens with zero attached hydrogens (tertiary/aromatic N) is 5. The molecule has 2 heterocycles. The number of aromatic nitrogens is 4. The average molecular weight is 375 g/mol. The smallest absolute Gasteiger partial charge is 0.262 e. The van der Waals surface area contributed by atoms with Crippen molar-refractivity contribution in [2.24, 2.45) is 7.05 Å². The van der Waals surface area contributed by atoms with E-state index in [0.29, 0.717) is 22.7 Å². The molecule has 2 aromatic carbocycles. The Balaban J connectivity index is 1.76. The van der Waals surface area contributed by atoms with Gasteiger partial charge < -0.3 is 0 Å². The third kappa shape index (κ3) is 3.09. The number of rotatable bonds is 4. The third-order valence-corrected chi connectivity index (χ3v) is 5.56. The van der Waals surface area contributed by atoms with E-state index in [1.807, 2.05) is 53.8 Å². The summed E-state index contributed by atoms with van der Waals surface area (Å²) >= 11 is 1.37. The van der Waals surface area contributed by atoms with Gasteiger partial charge in [0.15, 0.2) is 5.16 Å². The molecule has 0 spiro atoms. The molecule has 6 nitrogen and oxygen atoms in total. The van der Waals surface area contributed by atoms with Crippen LogP contribution in [0.25, 0.3) is 16.7 Å². The van der Waals surface area contributed by atoms with E-state index in [2.05, 4.69) is 16.3 Å². The minimum atomic E-state index is -0.309. The summed E-state index contributed by atoms with van der Waals surface area (Å²) in [6.45, 7) is 2.04. The second-order valence-corrected chi connectivity index (χ2v) is 7.59. The standard InChI is InChI=1S/C20H17N5OS/c1-13-7-9-14(10-8-13)11-15(12-21)27-20-23-22-19-24(2)18(26)16-5-3-4-6-17(16)25(19)20/h3-10,15H,11H2,1-2H3. The van der Waals surface area contributed by atoms with Gasteiger partial charge in [-0.3, -0.25) is 13.8 Å². The van der Waals surface area contributed by atoms with Crippen LogP contribution in [0.5, 0.6) is 0 Å². The van der Waals surface area contributed by atoms with E-state index in [0.717, 1.165) is 11.1 Å². The number of aryl methyl sites for hydroxylation is 2. The topological polar surface area (TPSA) is 76.0 Å². The number of thioether (sulfide) groups is 1. The van der Waals surface area contributed by atoms with Gasteiger partial charge in [0.05, 0.1) is 17.0 Å². The van der Waals surface area contributed by atoms with Crippen LogP contribution in [0.4, 0.5) is 0 Å². The number of fused-ring (bicyclic) bond motifs is 3. The van der Waals surface area contributed by atoms with Gasteiger partial charge in [-0.15, -0.1) is 10.2 Å². The van der Waals surface area contributed by atoms with Crippen molar-refractivity contribution in [3.8, 4) is 6.07 Å². The Bertz CT molecular complexity index is 1230. The Kier molecular flexibility index (Phi) is 4.42. The first kappa shape index (κ1) is 17.3. The highest BCUT2D eigenvalue weighted by molar-refractivity contribution is 8.00. The van der Waals surface area contributed by atoms with Crippen molar-refractivity contribution in [2.75, 3.05) is 0 Å². The minimum absolute atomic E-state index is 0.112. The lowest BCUT2D eigenvalue weighted by Crippen LogP contribution is -2.20. The Morgan fingerprint density at radius 1 is 1.15 bits per heavy atom. The molecule has 0 aliphatic rings. The second-order valence-electron chi connectivity index (χ2n) is 6.42. The Labute approximate surface area is 160 Å². The molecule has 0 bridgehead atoms. The maximum absolute atomic E-state index is 12.5. The highest BCUT2D eigenvalue weighted by Crippen LogP contribution is 2.26. The van der Waals surface area contributed by atoms with Gasteiger partial charge in [-0.05, 0) is 31.0 Å². The lowest BCUT2D eigenvalue weighted by molar-refractivity contribution is 0.853. The summed E-state index contributed by atoms with van der Waals surface area (Å²) in [6, 6.07) is 17.9. The molecule has 2 aromatic heterocycles. The summed E-state index contributed by atoms with van der Waals surface area (Å²) in [5.74, 6) is 0.466. The van der Waals surface area contributed by atoms with Gasteiger partial charge in [0.1, 0.15) is 5.25 Å². The minimum Gasteiger partial charge on any atom is -0.279 e. The summed E-state index contributed by atoms with van der Waals surface area (Å²) < 4.78 is 3.33. The average Bonchev–Trinajstić information content (AvgIpc) is 3.11. The predicted molar refractivity (Wildman–Crippen MR) is 106 cm³/mol. The van der Waals surface area contributed by atoms with Crippen molar-refractivity contribution in [3.05, 3.63) is 70.0 Å². The highest BCUT2D eigenvalue weighted by atomic mass is 32.2. The first-order valence-electron chi connectivity index (χ1n) is 8.53. The molecule has 0 aliphatic heterocycles. The van der Waals surface area contributed by atoms with Gasteiger partial charge in [0.25, 0.3) is 5.56 Å². The molecule has 134 valence electrons. The molecule has 0 N–H and O–H groups in total. The fourth-order valence-corrected chi connectivity index (χ4v) is 4.02. The molecule has 0 amide bonds.